The van der Waals surface area contributed by atoms with Gasteiger partial charge in [-0.25, -0.2) is 4.79 Å². The van der Waals surface area contributed by atoms with E-state index in [0.717, 1.165) is 0 Å². The predicted octanol–water partition coefficient (Wildman–Crippen LogP) is 0.898. The third-order valence-corrected chi connectivity index (χ3v) is 3.76. The van der Waals surface area contributed by atoms with Crippen LogP contribution in [0.25, 0.3) is 0 Å². The molecule has 0 aliphatic carbocycles. The second-order valence-electron chi connectivity index (χ2n) is 5.63. The van der Waals surface area contributed by atoms with Crippen LogP contribution >= 0.6 is 0 Å². The van der Waals surface area contributed by atoms with Crippen molar-refractivity contribution < 1.29 is 19.8 Å². The molecule has 1 atom stereocenters. The minimum Gasteiger partial charge on any atom is -0.481 e. The number of nitrogens with one attached hydrogen (secondary N) is 1. The number of hydrogen-bond acceptors (Lipinski definition) is 3. The van der Waals surface area contributed by atoms with Crippen molar-refractivity contribution in [3.8, 4) is 0 Å². The molecule has 0 aliphatic heterocycles. The molecule has 0 aromatic rings. The van der Waals surface area contributed by atoms with E-state index in [9.17, 15) is 14.7 Å². The Kier molecular flexibility index (Phi) is 5.16. The smallest absolute Gasteiger partial charge is 0.317 e. The molecular weight excluding hydrogens is 236 g/mol. The molecule has 106 valence electrons. The largest absolute Gasteiger partial charge is 0.481 e. The van der Waals surface area contributed by atoms with E-state index in [1.165, 1.54) is 4.90 Å². The molecule has 0 heterocycles. The summed E-state index contributed by atoms with van der Waals surface area (Å²) in [6, 6.07) is -0.732. The molecule has 0 bridgehead atoms. The van der Waals surface area contributed by atoms with Crippen molar-refractivity contribution in [1.82, 2.24) is 10.2 Å². The van der Waals surface area contributed by atoms with E-state index in [1.807, 2.05) is 0 Å². The molecule has 6 nitrogen and oxygen atoms in total. The molecular formula is C12H24N2O4. The number of aliphatic carboxylic acids is 1. The van der Waals surface area contributed by atoms with Gasteiger partial charge in [-0.1, -0.05) is 0 Å². The molecule has 0 radical (unpaired) electrons. The van der Waals surface area contributed by atoms with Crippen molar-refractivity contribution in [2.75, 3.05) is 13.7 Å². The molecule has 6 heteroatoms. The van der Waals surface area contributed by atoms with Crippen molar-refractivity contribution in [2.45, 2.75) is 46.2 Å². The first-order chi connectivity index (χ1) is 7.97. The van der Waals surface area contributed by atoms with E-state index < -0.39 is 23.0 Å². The highest BCUT2D eigenvalue weighted by atomic mass is 16.4. The van der Waals surface area contributed by atoms with Crippen LogP contribution < -0.4 is 5.32 Å². The van der Waals surface area contributed by atoms with E-state index in [0.29, 0.717) is 0 Å². The van der Waals surface area contributed by atoms with Crippen LogP contribution in [0.2, 0.25) is 0 Å². The fourth-order valence-electron chi connectivity index (χ4n) is 1.10. The van der Waals surface area contributed by atoms with Gasteiger partial charge in [0.05, 0.1) is 23.6 Å². The third-order valence-electron chi connectivity index (χ3n) is 3.76. The zero-order valence-corrected chi connectivity index (χ0v) is 11.9. The molecule has 0 aliphatic rings. The number of carboxylic acid groups (broad SMARTS) is 1. The molecule has 2 amide bonds. The van der Waals surface area contributed by atoms with Gasteiger partial charge in [0, 0.05) is 7.05 Å². The van der Waals surface area contributed by atoms with Crippen LogP contribution in [0.5, 0.6) is 0 Å². The number of hydrogen-bond donors (Lipinski definition) is 3. The van der Waals surface area contributed by atoms with Gasteiger partial charge in [-0.2, -0.15) is 0 Å². The molecule has 0 saturated carbocycles. The number of aliphatic hydroxyl groups excluding tert-OH is 1. The van der Waals surface area contributed by atoms with Gasteiger partial charge >= 0.3 is 12.0 Å². The number of likely N-dealkylation sites (N-methyl/N-ethyl adjacent to an activating group) is 1. The van der Waals surface area contributed by atoms with Crippen LogP contribution in [0.3, 0.4) is 0 Å². The van der Waals surface area contributed by atoms with E-state index in [2.05, 4.69) is 5.32 Å². The molecule has 0 fully saturated rings. The Balaban J connectivity index is 4.89. The van der Waals surface area contributed by atoms with Gasteiger partial charge in [0.15, 0.2) is 0 Å². The lowest BCUT2D eigenvalue weighted by Gasteiger charge is -2.40. The van der Waals surface area contributed by atoms with Crippen LogP contribution in [0.15, 0.2) is 0 Å². The highest BCUT2D eigenvalue weighted by Gasteiger charge is 2.44. The van der Waals surface area contributed by atoms with Crippen LogP contribution in [0.1, 0.15) is 34.6 Å². The van der Waals surface area contributed by atoms with Crippen molar-refractivity contribution in [1.29, 1.82) is 0 Å². The molecule has 18 heavy (non-hydrogen) atoms. The SMILES string of the molecule is CC(CO)N(C)C(=O)NC(C)(C)C(C)(C)C(=O)O. The van der Waals surface area contributed by atoms with Crippen LogP contribution in [0, 0.1) is 5.41 Å². The molecule has 0 aromatic carbocycles. The average molecular weight is 260 g/mol. The van der Waals surface area contributed by atoms with E-state index in [4.69, 9.17) is 5.11 Å². The maximum Gasteiger partial charge on any atom is 0.317 e. The van der Waals surface area contributed by atoms with Gasteiger partial charge in [0.25, 0.3) is 0 Å². The average Bonchev–Trinajstić information content (AvgIpc) is 2.25. The summed E-state index contributed by atoms with van der Waals surface area (Å²) in [5.41, 5.74) is -2.02. The highest BCUT2D eigenvalue weighted by Crippen LogP contribution is 2.30. The third kappa shape index (κ3) is 3.35. The molecule has 3 N–H and O–H groups in total. The van der Waals surface area contributed by atoms with Gasteiger partial charge in [-0.15, -0.1) is 0 Å². The zero-order valence-electron chi connectivity index (χ0n) is 11.9. The fourth-order valence-corrected chi connectivity index (χ4v) is 1.10. The summed E-state index contributed by atoms with van der Waals surface area (Å²) < 4.78 is 0. The topological polar surface area (TPSA) is 89.9 Å². The van der Waals surface area contributed by atoms with Gasteiger partial charge in [-0.3, -0.25) is 4.79 Å². The lowest BCUT2D eigenvalue weighted by Crippen LogP contribution is -2.60. The first-order valence-corrected chi connectivity index (χ1v) is 5.86. The van der Waals surface area contributed by atoms with Gasteiger partial charge in [-0.05, 0) is 34.6 Å². The van der Waals surface area contributed by atoms with Crippen LogP contribution in [-0.2, 0) is 4.79 Å². The quantitative estimate of drug-likeness (QED) is 0.685. The number of carbonyl (C=O) groups is 2. The van der Waals surface area contributed by atoms with Gasteiger partial charge in [0.2, 0.25) is 0 Å². The molecule has 0 saturated heterocycles. The molecule has 0 rings (SSSR count). The summed E-state index contributed by atoms with van der Waals surface area (Å²) in [4.78, 5) is 24.5. The lowest BCUT2D eigenvalue weighted by molar-refractivity contribution is -0.150. The Bertz CT molecular complexity index is 326. The second-order valence-corrected chi connectivity index (χ2v) is 5.63. The van der Waals surface area contributed by atoms with E-state index in [-0.39, 0.29) is 12.6 Å². The van der Waals surface area contributed by atoms with Gasteiger partial charge in [0.1, 0.15) is 0 Å². The Morgan fingerprint density at radius 3 is 2.06 bits per heavy atom. The first kappa shape index (κ1) is 16.7. The van der Waals surface area contributed by atoms with Crippen LogP contribution in [-0.4, -0.2) is 52.3 Å². The number of urea groups is 1. The summed E-state index contributed by atoms with van der Waals surface area (Å²) in [5.74, 6) is -0.981. The van der Waals surface area contributed by atoms with Crippen molar-refractivity contribution in [2.24, 2.45) is 5.41 Å². The lowest BCUT2D eigenvalue weighted by atomic mass is 9.74. The van der Waals surface area contributed by atoms with E-state index in [1.54, 1.807) is 41.7 Å². The monoisotopic (exact) mass is 260 g/mol. The summed E-state index contributed by atoms with van der Waals surface area (Å²) in [5, 5.41) is 20.9. The minimum absolute atomic E-state index is 0.146. The normalized spacial score (nSPS) is 13.9. The zero-order chi connectivity index (χ0) is 14.7. The van der Waals surface area contributed by atoms with Gasteiger partial charge < -0.3 is 20.4 Å². The Morgan fingerprint density at radius 1 is 1.28 bits per heavy atom. The maximum atomic E-state index is 11.9. The fraction of sp³-hybridized carbons (Fsp3) is 0.833. The summed E-state index contributed by atoms with van der Waals surface area (Å²) in [6.45, 7) is 8.00. The standard InChI is InChI=1S/C12H24N2O4/c1-8(7-15)14(6)10(18)13-12(4,5)11(2,3)9(16)17/h8,15H,7H2,1-6H3,(H,13,18)(H,16,17). The first-order valence-electron chi connectivity index (χ1n) is 5.86. The molecule has 0 aromatic heterocycles. The Hall–Kier alpha value is -1.30. The Labute approximate surface area is 108 Å². The molecule has 0 spiro atoms. The number of carboxylic acids is 1. The number of aliphatic hydroxyl groups is 1. The van der Waals surface area contributed by atoms with E-state index >= 15 is 0 Å². The minimum atomic E-state index is -1.11. The number of nitrogens with zero attached hydrogens (tertiary/aromatic N) is 1. The van der Waals surface area contributed by atoms with Crippen molar-refractivity contribution >= 4 is 12.0 Å². The van der Waals surface area contributed by atoms with Crippen molar-refractivity contribution in [3.63, 3.8) is 0 Å². The van der Waals surface area contributed by atoms with Crippen molar-refractivity contribution in [3.05, 3.63) is 0 Å². The Morgan fingerprint density at radius 2 is 1.72 bits per heavy atom. The number of rotatable bonds is 5. The number of carbonyl (C=O) groups excluding carboxylic acids is 1. The number of amides is 2. The molecule has 1 unspecified atom stereocenters. The summed E-state index contributed by atoms with van der Waals surface area (Å²) >= 11 is 0. The second kappa shape index (κ2) is 5.56. The summed E-state index contributed by atoms with van der Waals surface area (Å²) in [7, 11) is 1.56. The predicted molar refractivity (Wildman–Crippen MR) is 68.3 cm³/mol. The summed E-state index contributed by atoms with van der Waals surface area (Å²) in [6.07, 6.45) is 0. The maximum absolute atomic E-state index is 11.9. The van der Waals surface area contributed by atoms with Crippen LogP contribution in [0.4, 0.5) is 4.79 Å². The highest BCUT2D eigenvalue weighted by molar-refractivity contribution is 5.79.